The molecule has 0 aliphatic rings. The molecule has 1 aromatic rings. The van der Waals surface area contributed by atoms with Gasteiger partial charge in [-0.15, -0.1) is 0 Å². The molecule has 0 spiro atoms. The fraction of sp³-hybridized carbons (Fsp3) is 0.692. The summed E-state index contributed by atoms with van der Waals surface area (Å²) < 4.78 is 11.6. The molecule has 1 unspecified atom stereocenters. The molecule has 0 amide bonds. The van der Waals surface area contributed by atoms with Gasteiger partial charge in [0.25, 0.3) is 5.56 Å². The topological polar surface area (TPSA) is 68.6 Å². The number of methoxy groups -OCH3 is 2. The minimum Gasteiger partial charge on any atom is -0.382 e. The third-order valence-corrected chi connectivity index (χ3v) is 3.32. The first kappa shape index (κ1) is 17.9. The molecule has 1 heterocycles. The summed E-state index contributed by atoms with van der Waals surface area (Å²) in [6.07, 6.45) is 1.43. The predicted octanol–water partition coefficient (Wildman–Crippen LogP) is 0.532. The molecule has 0 saturated carbocycles. The maximum atomic E-state index is 12.1. The predicted molar refractivity (Wildman–Crippen MR) is 83.2 cm³/mol. The van der Waals surface area contributed by atoms with Crippen LogP contribution in [-0.4, -0.2) is 68.8 Å². The first-order valence-corrected chi connectivity index (χ1v) is 7.03. The van der Waals surface area contributed by atoms with E-state index < -0.39 is 0 Å². The van der Waals surface area contributed by atoms with Crippen LogP contribution in [0, 0.1) is 0 Å². The van der Waals surface area contributed by atoms with E-state index in [1.807, 2.05) is 19.0 Å². The summed E-state index contributed by atoms with van der Waals surface area (Å²) in [4.78, 5) is 14.1. The van der Waals surface area contributed by atoms with Gasteiger partial charge < -0.3 is 19.7 Å². The van der Waals surface area contributed by atoms with Crippen molar-refractivity contribution in [2.24, 2.45) is 0 Å². The van der Waals surface area contributed by atoms with Crippen LogP contribution in [-0.2, 0) is 16.0 Å². The zero-order valence-electron chi connectivity index (χ0n) is 12.9. The lowest BCUT2D eigenvalue weighted by atomic mass is 10.3. The highest BCUT2D eigenvalue weighted by molar-refractivity contribution is 6.32. The maximum Gasteiger partial charge on any atom is 0.287 e. The molecular weight excluding hydrogens is 296 g/mol. The fourth-order valence-electron chi connectivity index (χ4n) is 1.66. The van der Waals surface area contributed by atoms with Crippen molar-refractivity contribution in [2.45, 2.75) is 12.6 Å². The standard InChI is InChI=1S/C13H23ClN4O3/c1-17(2)5-6-18-13(19)12(14)11(8-16-18)15-7-10(21-4)9-20-3/h8,10,15H,5-7,9H2,1-4H3. The number of hydrogen-bond donors (Lipinski definition) is 1. The summed E-state index contributed by atoms with van der Waals surface area (Å²) in [5.41, 5.74) is 0.199. The molecule has 0 aliphatic heterocycles. The second-order valence-electron chi connectivity index (χ2n) is 4.90. The number of ether oxygens (including phenoxy) is 2. The van der Waals surface area contributed by atoms with Crippen LogP contribution in [0.3, 0.4) is 0 Å². The van der Waals surface area contributed by atoms with E-state index in [1.165, 1.54) is 4.68 Å². The van der Waals surface area contributed by atoms with E-state index in [1.54, 1.807) is 20.4 Å². The maximum absolute atomic E-state index is 12.1. The zero-order valence-corrected chi connectivity index (χ0v) is 13.7. The number of aromatic nitrogens is 2. The highest BCUT2D eigenvalue weighted by atomic mass is 35.5. The molecule has 0 saturated heterocycles. The Morgan fingerprint density at radius 1 is 1.48 bits per heavy atom. The van der Waals surface area contributed by atoms with Crippen LogP contribution in [0.4, 0.5) is 5.69 Å². The highest BCUT2D eigenvalue weighted by Gasteiger charge is 2.12. The average molecular weight is 319 g/mol. The Kier molecular flexibility index (Phi) is 7.66. The van der Waals surface area contributed by atoms with E-state index in [0.717, 1.165) is 6.54 Å². The lowest BCUT2D eigenvalue weighted by Crippen LogP contribution is -2.31. The van der Waals surface area contributed by atoms with Gasteiger partial charge in [-0.25, -0.2) is 4.68 Å². The van der Waals surface area contributed by atoms with E-state index in [9.17, 15) is 4.79 Å². The van der Waals surface area contributed by atoms with Gasteiger partial charge in [-0.2, -0.15) is 5.10 Å². The van der Waals surface area contributed by atoms with Gasteiger partial charge in [0.15, 0.2) is 0 Å². The van der Waals surface area contributed by atoms with Gasteiger partial charge in [0.2, 0.25) is 0 Å². The van der Waals surface area contributed by atoms with Crippen LogP contribution < -0.4 is 10.9 Å². The number of rotatable bonds is 9. The first-order chi connectivity index (χ1) is 9.99. The molecular formula is C13H23ClN4O3. The first-order valence-electron chi connectivity index (χ1n) is 6.65. The summed E-state index contributed by atoms with van der Waals surface area (Å²) in [5, 5.41) is 7.31. The Labute approximate surface area is 129 Å². The van der Waals surface area contributed by atoms with Crippen molar-refractivity contribution >= 4 is 17.3 Å². The molecule has 8 heteroatoms. The molecule has 0 bridgehead atoms. The molecule has 0 radical (unpaired) electrons. The minimum absolute atomic E-state index is 0.123. The fourth-order valence-corrected chi connectivity index (χ4v) is 1.88. The van der Waals surface area contributed by atoms with Gasteiger partial charge in [0, 0.05) is 27.3 Å². The van der Waals surface area contributed by atoms with Crippen molar-refractivity contribution in [1.29, 1.82) is 0 Å². The smallest absolute Gasteiger partial charge is 0.287 e. The van der Waals surface area contributed by atoms with Gasteiger partial charge in [-0.3, -0.25) is 4.79 Å². The summed E-state index contributed by atoms with van der Waals surface area (Å²) in [7, 11) is 7.07. The van der Waals surface area contributed by atoms with E-state index in [4.69, 9.17) is 21.1 Å². The minimum atomic E-state index is -0.302. The van der Waals surface area contributed by atoms with Crippen molar-refractivity contribution in [3.8, 4) is 0 Å². The third-order valence-electron chi connectivity index (χ3n) is 2.95. The lowest BCUT2D eigenvalue weighted by Gasteiger charge is -2.17. The van der Waals surface area contributed by atoms with Gasteiger partial charge in [-0.1, -0.05) is 11.6 Å². The van der Waals surface area contributed by atoms with Gasteiger partial charge in [-0.05, 0) is 14.1 Å². The quantitative estimate of drug-likeness (QED) is 0.716. The molecule has 0 aromatic carbocycles. The van der Waals surface area contributed by atoms with E-state index >= 15 is 0 Å². The Morgan fingerprint density at radius 2 is 2.19 bits per heavy atom. The zero-order chi connectivity index (χ0) is 15.8. The second-order valence-corrected chi connectivity index (χ2v) is 5.28. The van der Waals surface area contributed by atoms with Crippen LogP contribution in [0.15, 0.2) is 11.0 Å². The third kappa shape index (κ3) is 5.62. The molecule has 0 fully saturated rings. The Bertz CT molecular complexity index is 493. The Morgan fingerprint density at radius 3 is 2.76 bits per heavy atom. The largest absolute Gasteiger partial charge is 0.382 e. The molecule has 21 heavy (non-hydrogen) atoms. The van der Waals surface area contributed by atoms with Crippen LogP contribution in [0.1, 0.15) is 0 Å². The Balaban J connectivity index is 2.73. The number of likely N-dealkylation sites (N-methyl/N-ethyl adjacent to an activating group) is 1. The summed E-state index contributed by atoms with van der Waals surface area (Å²) in [5.74, 6) is 0. The molecule has 120 valence electrons. The molecule has 1 N–H and O–H groups in total. The molecule has 7 nitrogen and oxygen atoms in total. The average Bonchev–Trinajstić information content (AvgIpc) is 2.46. The summed E-state index contributed by atoms with van der Waals surface area (Å²) in [6, 6.07) is 0. The van der Waals surface area contributed by atoms with Gasteiger partial charge in [0.1, 0.15) is 5.02 Å². The van der Waals surface area contributed by atoms with Crippen molar-refractivity contribution in [2.75, 3.05) is 53.3 Å². The van der Waals surface area contributed by atoms with Crippen molar-refractivity contribution in [3.05, 3.63) is 21.6 Å². The van der Waals surface area contributed by atoms with E-state index in [0.29, 0.717) is 25.4 Å². The van der Waals surface area contributed by atoms with Crippen molar-refractivity contribution < 1.29 is 9.47 Å². The molecule has 1 aromatic heterocycles. The van der Waals surface area contributed by atoms with Crippen molar-refractivity contribution in [1.82, 2.24) is 14.7 Å². The number of halogens is 1. The van der Waals surface area contributed by atoms with Crippen molar-refractivity contribution in [3.63, 3.8) is 0 Å². The number of nitrogens with one attached hydrogen (secondary N) is 1. The van der Waals surface area contributed by atoms with Crippen LogP contribution in [0.5, 0.6) is 0 Å². The van der Waals surface area contributed by atoms with Gasteiger partial charge >= 0.3 is 0 Å². The summed E-state index contributed by atoms with van der Waals surface area (Å²) in [6.45, 7) is 2.15. The van der Waals surface area contributed by atoms with E-state index in [2.05, 4.69) is 10.4 Å². The normalized spacial score (nSPS) is 12.7. The number of anilines is 1. The van der Waals surface area contributed by atoms with Gasteiger partial charge in [0.05, 0.1) is 31.1 Å². The summed E-state index contributed by atoms with van der Waals surface area (Å²) >= 11 is 6.10. The van der Waals surface area contributed by atoms with Crippen LogP contribution >= 0.6 is 11.6 Å². The number of hydrogen-bond acceptors (Lipinski definition) is 6. The van der Waals surface area contributed by atoms with E-state index in [-0.39, 0.29) is 16.7 Å². The van der Waals surface area contributed by atoms with Crippen LogP contribution in [0.2, 0.25) is 5.02 Å². The molecule has 0 aliphatic carbocycles. The second kappa shape index (κ2) is 8.99. The van der Waals surface area contributed by atoms with Crippen LogP contribution in [0.25, 0.3) is 0 Å². The number of nitrogens with zero attached hydrogens (tertiary/aromatic N) is 3. The lowest BCUT2D eigenvalue weighted by molar-refractivity contribution is 0.0365. The Hall–Kier alpha value is -1.15. The highest BCUT2D eigenvalue weighted by Crippen LogP contribution is 2.15. The molecule has 1 atom stereocenters. The monoisotopic (exact) mass is 318 g/mol. The SMILES string of the molecule is COCC(CNc1cnn(CCN(C)C)c(=O)c1Cl)OC. The molecule has 1 rings (SSSR count).